The molecule has 1 heterocycles. The molecule has 0 aromatic heterocycles. The number of unbranched alkanes of at least 4 members (excludes halogenated alkanes) is 2. The van der Waals surface area contributed by atoms with Crippen LogP contribution in [0.2, 0.25) is 0 Å². The zero-order valence-electron chi connectivity index (χ0n) is 14.4. The largest absolute Gasteiger partial charge is 0.496 e. The molecule has 0 atom stereocenters. The third-order valence-electron chi connectivity index (χ3n) is 4.18. The zero-order chi connectivity index (χ0) is 17.6. The first-order valence-corrected chi connectivity index (χ1v) is 9.91. The predicted octanol–water partition coefficient (Wildman–Crippen LogP) is 2.40. The average Bonchev–Trinajstić information content (AvgIpc) is 3.13. The van der Waals surface area contributed by atoms with E-state index in [0.717, 1.165) is 32.1 Å². The average molecular weight is 354 g/mol. The van der Waals surface area contributed by atoms with Gasteiger partial charge in [0.2, 0.25) is 10.0 Å². The van der Waals surface area contributed by atoms with Gasteiger partial charge < -0.3 is 10.1 Å². The van der Waals surface area contributed by atoms with Gasteiger partial charge in [-0.25, -0.2) is 8.42 Å². The predicted molar refractivity (Wildman–Crippen MR) is 92.8 cm³/mol. The molecule has 6 nitrogen and oxygen atoms in total. The molecule has 1 fully saturated rings. The first-order valence-electron chi connectivity index (χ1n) is 8.47. The molecule has 2 rings (SSSR count). The monoisotopic (exact) mass is 354 g/mol. The fraction of sp³-hybridized carbons (Fsp3) is 0.588. The quantitative estimate of drug-likeness (QED) is 0.728. The minimum absolute atomic E-state index is 0.143. The van der Waals surface area contributed by atoms with Gasteiger partial charge in [-0.2, -0.15) is 4.31 Å². The van der Waals surface area contributed by atoms with E-state index in [2.05, 4.69) is 12.2 Å². The SMILES string of the molecule is CCCCCNC(=O)c1cc(S(=O)(=O)N2CCCC2)ccc1OC. The summed E-state index contributed by atoms with van der Waals surface area (Å²) in [5.74, 6) is 0.0739. The van der Waals surface area contributed by atoms with Crippen molar-refractivity contribution < 1.29 is 17.9 Å². The summed E-state index contributed by atoms with van der Waals surface area (Å²) < 4.78 is 32.0. The van der Waals surface area contributed by atoms with Gasteiger partial charge in [0.15, 0.2) is 0 Å². The molecule has 7 heteroatoms. The minimum Gasteiger partial charge on any atom is -0.496 e. The van der Waals surface area contributed by atoms with E-state index in [0.29, 0.717) is 25.4 Å². The standard InChI is InChI=1S/C17H26N2O4S/c1-3-4-5-10-18-17(20)15-13-14(8-9-16(15)23-2)24(21,22)19-11-6-7-12-19/h8-9,13H,3-7,10-12H2,1-2H3,(H,18,20). The highest BCUT2D eigenvalue weighted by Gasteiger charge is 2.28. The number of ether oxygens (including phenoxy) is 1. The first kappa shape index (κ1) is 18.7. The molecule has 1 amide bonds. The lowest BCUT2D eigenvalue weighted by Crippen LogP contribution is -2.29. The molecule has 24 heavy (non-hydrogen) atoms. The molecule has 0 spiro atoms. The smallest absolute Gasteiger partial charge is 0.255 e. The van der Waals surface area contributed by atoms with Crippen molar-refractivity contribution in [3.8, 4) is 5.75 Å². The van der Waals surface area contributed by atoms with Crippen LogP contribution in [0.4, 0.5) is 0 Å². The highest BCUT2D eigenvalue weighted by Crippen LogP contribution is 2.26. The van der Waals surface area contributed by atoms with Crippen molar-refractivity contribution in [3.05, 3.63) is 23.8 Å². The Hall–Kier alpha value is -1.60. The molecule has 0 saturated carbocycles. The minimum atomic E-state index is -3.55. The number of hydrogen-bond acceptors (Lipinski definition) is 4. The fourth-order valence-corrected chi connectivity index (χ4v) is 4.32. The lowest BCUT2D eigenvalue weighted by atomic mass is 10.2. The number of amides is 1. The highest BCUT2D eigenvalue weighted by atomic mass is 32.2. The number of benzene rings is 1. The van der Waals surface area contributed by atoms with Gasteiger partial charge in [-0.3, -0.25) is 4.79 Å². The van der Waals surface area contributed by atoms with Crippen LogP contribution in [0.5, 0.6) is 5.75 Å². The molecule has 1 saturated heterocycles. The molecule has 1 aliphatic heterocycles. The van der Waals surface area contributed by atoms with Gasteiger partial charge in [-0.1, -0.05) is 19.8 Å². The van der Waals surface area contributed by atoms with E-state index < -0.39 is 10.0 Å². The Morgan fingerprint density at radius 2 is 1.96 bits per heavy atom. The van der Waals surface area contributed by atoms with Crippen LogP contribution in [-0.4, -0.2) is 45.4 Å². The van der Waals surface area contributed by atoms with Crippen molar-refractivity contribution >= 4 is 15.9 Å². The maximum Gasteiger partial charge on any atom is 0.255 e. The maximum absolute atomic E-state index is 12.7. The summed E-state index contributed by atoms with van der Waals surface area (Å²) >= 11 is 0. The number of carbonyl (C=O) groups is 1. The van der Waals surface area contributed by atoms with Crippen LogP contribution in [-0.2, 0) is 10.0 Å². The van der Waals surface area contributed by atoms with E-state index in [9.17, 15) is 13.2 Å². The molecular weight excluding hydrogens is 328 g/mol. The highest BCUT2D eigenvalue weighted by molar-refractivity contribution is 7.89. The Morgan fingerprint density at radius 3 is 2.58 bits per heavy atom. The van der Waals surface area contributed by atoms with Crippen LogP contribution in [0.15, 0.2) is 23.1 Å². The van der Waals surface area contributed by atoms with Crippen molar-refractivity contribution in [1.29, 1.82) is 0 Å². The van der Waals surface area contributed by atoms with Crippen molar-refractivity contribution in [2.45, 2.75) is 43.9 Å². The lowest BCUT2D eigenvalue weighted by Gasteiger charge is -2.17. The van der Waals surface area contributed by atoms with Gasteiger partial charge in [0.1, 0.15) is 5.75 Å². The number of methoxy groups -OCH3 is 1. The molecule has 0 radical (unpaired) electrons. The van der Waals surface area contributed by atoms with Gasteiger partial charge in [0, 0.05) is 19.6 Å². The Labute approximate surface area is 144 Å². The van der Waals surface area contributed by atoms with E-state index in [4.69, 9.17) is 4.74 Å². The first-order chi connectivity index (χ1) is 11.5. The third-order valence-corrected chi connectivity index (χ3v) is 6.08. The normalized spacial score (nSPS) is 15.4. The van der Waals surface area contributed by atoms with E-state index in [-0.39, 0.29) is 16.4 Å². The number of sulfonamides is 1. The van der Waals surface area contributed by atoms with Crippen molar-refractivity contribution in [1.82, 2.24) is 9.62 Å². The second-order valence-corrected chi connectivity index (χ2v) is 7.87. The summed E-state index contributed by atoms with van der Waals surface area (Å²) in [7, 11) is -2.08. The summed E-state index contributed by atoms with van der Waals surface area (Å²) in [4.78, 5) is 12.5. The van der Waals surface area contributed by atoms with E-state index >= 15 is 0 Å². The number of rotatable bonds is 8. The summed E-state index contributed by atoms with van der Waals surface area (Å²) in [6.07, 6.45) is 4.76. The topological polar surface area (TPSA) is 75.7 Å². The van der Waals surface area contributed by atoms with E-state index in [1.165, 1.54) is 23.5 Å². The number of carbonyl (C=O) groups excluding carboxylic acids is 1. The molecule has 134 valence electrons. The molecule has 1 aromatic carbocycles. The Balaban J connectivity index is 2.22. The molecule has 0 aliphatic carbocycles. The Morgan fingerprint density at radius 1 is 1.25 bits per heavy atom. The Kier molecular flexibility index (Phi) is 6.62. The van der Waals surface area contributed by atoms with Gasteiger partial charge in [-0.15, -0.1) is 0 Å². The maximum atomic E-state index is 12.7. The van der Waals surface area contributed by atoms with E-state index in [1.807, 2.05) is 0 Å². The zero-order valence-corrected chi connectivity index (χ0v) is 15.2. The van der Waals surface area contributed by atoms with Crippen LogP contribution in [0.3, 0.4) is 0 Å². The number of nitrogens with zero attached hydrogens (tertiary/aromatic N) is 1. The van der Waals surface area contributed by atoms with Gasteiger partial charge in [-0.05, 0) is 37.5 Å². The lowest BCUT2D eigenvalue weighted by molar-refractivity contribution is 0.0949. The van der Waals surface area contributed by atoms with Crippen LogP contribution in [0.1, 0.15) is 49.4 Å². The summed E-state index contributed by atoms with van der Waals surface area (Å²) in [5.41, 5.74) is 0.259. The van der Waals surface area contributed by atoms with Crippen molar-refractivity contribution in [2.75, 3.05) is 26.7 Å². The van der Waals surface area contributed by atoms with Gasteiger partial charge >= 0.3 is 0 Å². The molecule has 1 N–H and O–H groups in total. The molecular formula is C17H26N2O4S. The van der Waals surface area contributed by atoms with Gasteiger partial charge in [0.05, 0.1) is 17.6 Å². The van der Waals surface area contributed by atoms with Crippen LogP contribution < -0.4 is 10.1 Å². The fourth-order valence-electron chi connectivity index (χ4n) is 2.77. The van der Waals surface area contributed by atoms with E-state index in [1.54, 1.807) is 6.07 Å². The third kappa shape index (κ3) is 4.27. The second kappa shape index (κ2) is 8.48. The number of hydrogen-bond donors (Lipinski definition) is 1. The summed E-state index contributed by atoms with van der Waals surface area (Å²) in [6.45, 7) is 3.73. The Bertz CT molecular complexity index is 667. The second-order valence-electron chi connectivity index (χ2n) is 5.94. The number of nitrogens with one attached hydrogen (secondary N) is 1. The molecule has 1 aromatic rings. The van der Waals surface area contributed by atoms with Crippen LogP contribution >= 0.6 is 0 Å². The summed E-state index contributed by atoms with van der Waals surface area (Å²) in [6, 6.07) is 4.46. The van der Waals surface area contributed by atoms with Crippen molar-refractivity contribution in [2.24, 2.45) is 0 Å². The molecule has 0 unspecified atom stereocenters. The van der Waals surface area contributed by atoms with Gasteiger partial charge in [0.25, 0.3) is 5.91 Å². The summed E-state index contributed by atoms with van der Waals surface area (Å²) in [5, 5.41) is 2.83. The van der Waals surface area contributed by atoms with Crippen molar-refractivity contribution in [3.63, 3.8) is 0 Å². The van der Waals surface area contributed by atoms with Crippen LogP contribution in [0, 0.1) is 0 Å². The molecule has 0 bridgehead atoms. The van der Waals surface area contributed by atoms with Crippen LogP contribution in [0.25, 0.3) is 0 Å². The molecule has 1 aliphatic rings.